The number of halogens is 1. The predicted molar refractivity (Wildman–Crippen MR) is 90.2 cm³/mol. The molecule has 5 heteroatoms. The largest absolute Gasteiger partial charge is 0.329 e. The molecule has 2 aromatic rings. The van der Waals surface area contributed by atoms with Gasteiger partial charge in [-0.1, -0.05) is 18.2 Å². The molecule has 2 aliphatic rings. The lowest BCUT2D eigenvalue weighted by atomic mass is 9.75. The molecule has 2 atom stereocenters. The molecular weight excluding hydrogens is 325 g/mol. The van der Waals surface area contributed by atoms with Gasteiger partial charge < -0.3 is 5.32 Å². The smallest absolute Gasteiger partial charge is 0.225 e. The van der Waals surface area contributed by atoms with Crippen molar-refractivity contribution in [2.24, 2.45) is 0 Å². The van der Waals surface area contributed by atoms with E-state index in [1.807, 2.05) is 17.5 Å². The minimum absolute atomic E-state index is 0.0592. The SMILES string of the molecule is O=C1C[C@H](c2cccc(F)c2)C2=C(C[C@H](c3cccs3)CC2=O)N1. The lowest BCUT2D eigenvalue weighted by Crippen LogP contribution is -2.38. The molecule has 0 bridgehead atoms. The topological polar surface area (TPSA) is 46.2 Å². The van der Waals surface area contributed by atoms with Crippen LogP contribution >= 0.6 is 11.3 Å². The molecule has 3 nitrogen and oxygen atoms in total. The summed E-state index contributed by atoms with van der Waals surface area (Å²) in [6.07, 6.45) is 1.29. The number of hydrogen-bond donors (Lipinski definition) is 1. The Labute approximate surface area is 143 Å². The standard InChI is InChI=1S/C19H16FNO2S/c20-13-4-1-3-11(7-13)14-10-18(23)21-15-8-12(9-16(22)19(14)15)17-5-2-6-24-17/h1-7,12,14H,8-10H2,(H,21,23)/t12-,14+/m0/s1. The van der Waals surface area contributed by atoms with Crippen molar-refractivity contribution in [3.63, 3.8) is 0 Å². The summed E-state index contributed by atoms with van der Waals surface area (Å²) in [5, 5.41) is 4.88. The fraction of sp³-hybridized carbons (Fsp3) is 0.263. The molecule has 1 aromatic carbocycles. The molecule has 122 valence electrons. The highest BCUT2D eigenvalue weighted by Crippen LogP contribution is 2.43. The first-order chi connectivity index (χ1) is 11.6. The van der Waals surface area contributed by atoms with Crippen molar-refractivity contribution in [3.8, 4) is 0 Å². The Hall–Kier alpha value is -2.27. The van der Waals surface area contributed by atoms with Gasteiger partial charge in [-0.3, -0.25) is 9.59 Å². The van der Waals surface area contributed by atoms with Crippen molar-refractivity contribution in [1.29, 1.82) is 0 Å². The fourth-order valence-corrected chi connectivity index (χ4v) is 4.52. The summed E-state index contributed by atoms with van der Waals surface area (Å²) in [6, 6.07) is 10.2. The highest BCUT2D eigenvalue weighted by atomic mass is 32.1. The Kier molecular flexibility index (Phi) is 3.81. The predicted octanol–water partition coefficient (Wildman–Crippen LogP) is 3.89. The Balaban J connectivity index is 1.74. The van der Waals surface area contributed by atoms with Crippen LogP contribution in [0, 0.1) is 5.82 Å². The van der Waals surface area contributed by atoms with E-state index < -0.39 is 0 Å². The second-order valence-corrected chi connectivity index (χ2v) is 7.28. The molecule has 1 N–H and O–H groups in total. The highest BCUT2D eigenvalue weighted by Gasteiger charge is 2.38. The van der Waals surface area contributed by atoms with Gasteiger partial charge in [-0.2, -0.15) is 0 Å². The molecule has 0 saturated carbocycles. The van der Waals surface area contributed by atoms with Gasteiger partial charge in [-0.25, -0.2) is 4.39 Å². The van der Waals surface area contributed by atoms with Gasteiger partial charge in [0.25, 0.3) is 0 Å². The van der Waals surface area contributed by atoms with E-state index in [1.165, 1.54) is 12.1 Å². The molecule has 0 fully saturated rings. The molecule has 1 aliphatic heterocycles. The van der Waals surface area contributed by atoms with Gasteiger partial charge in [0, 0.05) is 40.8 Å². The number of carbonyl (C=O) groups is 2. The number of hydrogen-bond acceptors (Lipinski definition) is 3. The quantitative estimate of drug-likeness (QED) is 0.901. The summed E-state index contributed by atoms with van der Waals surface area (Å²) >= 11 is 1.63. The zero-order valence-electron chi connectivity index (χ0n) is 12.9. The van der Waals surface area contributed by atoms with Crippen LogP contribution in [0.5, 0.6) is 0 Å². The normalized spacial score (nSPS) is 23.9. The van der Waals surface area contributed by atoms with E-state index in [9.17, 15) is 14.0 Å². The summed E-state index contributed by atoms with van der Waals surface area (Å²) in [5.41, 5.74) is 2.07. The molecule has 0 radical (unpaired) electrons. The van der Waals surface area contributed by atoms with E-state index in [2.05, 4.69) is 5.32 Å². The molecule has 1 amide bonds. The van der Waals surface area contributed by atoms with Crippen LogP contribution in [0.25, 0.3) is 0 Å². The third-order valence-electron chi connectivity index (χ3n) is 4.73. The summed E-state index contributed by atoms with van der Waals surface area (Å²) in [6.45, 7) is 0. The summed E-state index contributed by atoms with van der Waals surface area (Å²) in [4.78, 5) is 26.1. The van der Waals surface area contributed by atoms with Crippen LogP contribution in [0.2, 0.25) is 0 Å². The van der Waals surface area contributed by atoms with Crippen LogP contribution in [-0.4, -0.2) is 11.7 Å². The van der Waals surface area contributed by atoms with Crippen molar-refractivity contribution < 1.29 is 14.0 Å². The van der Waals surface area contributed by atoms with Crippen LogP contribution in [0.3, 0.4) is 0 Å². The maximum absolute atomic E-state index is 13.6. The van der Waals surface area contributed by atoms with Crippen molar-refractivity contribution in [3.05, 3.63) is 69.3 Å². The van der Waals surface area contributed by atoms with Gasteiger partial charge in [-0.05, 0) is 35.6 Å². The molecule has 2 heterocycles. The third-order valence-corrected chi connectivity index (χ3v) is 5.77. The molecular formula is C19H16FNO2S. The molecule has 1 aromatic heterocycles. The van der Waals surface area contributed by atoms with Gasteiger partial charge in [0.2, 0.25) is 5.91 Å². The van der Waals surface area contributed by atoms with Gasteiger partial charge in [0.1, 0.15) is 5.82 Å². The third kappa shape index (κ3) is 2.69. The summed E-state index contributed by atoms with van der Waals surface area (Å²) in [5.74, 6) is -0.629. The van der Waals surface area contributed by atoms with E-state index in [-0.39, 0.29) is 35.8 Å². The fourth-order valence-electron chi connectivity index (χ4n) is 3.69. The van der Waals surface area contributed by atoms with Crippen LogP contribution in [0.15, 0.2) is 53.0 Å². The minimum atomic E-state index is -0.347. The zero-order valence-corrected chi connectivity index (χ0v) is 13.7. The van der Waals surface area contributed by atoms with Gasteiger partial charge in [0.05, 0.1) is 0 Å². The van der Waals surface area contributed by atoms with E-state index in [0.29, 0.717) is 24.0 Å². The Morgan fingerprint density at radius 1 is 1.08 bits per heavy atom. The van der Waals surface area contributed by atoms with E-state index in [1.54, 1.807) is 23.5 Å². The van der Waals surface area contributed by atoms with Crippen molar-refractivity contribution in [2.45, 2.75) is 31.1 Å². The Morgan fingerprint density at radius 3 is 2.71 bits per heavy atom. The first-order valence-corrected chi connectivity index (χ1v) is 8.84. The molecule has 0 unspecified atom stereocenters. The second kappa shape index (κ2) is 5.98. The number of rotatable bonds is 2. The number of thiophene rings is 1. The molecule has 0 saturated heterocycles. The number of Topliss-reactive ketones (excluding diaryl/α,β-unsaturated/α-hetero) is 1. The second-order valence-electron chi connectivity index (χ2n) is 6.30. The monoisotopic (exact) mass is 341 g/mol. The molecule has 24 heavy (non-hydrogen) atoms. The number of amides is 1. The maximum Gasteiger partial charge on any atom is 0.225 e. The van der Waals surface area contributed by atoms with Crippen molar-refractivity contribution in [2.75, 3.05) is 0 Å². The molecule has 0 spiro atoms. The number of benzene rings is 1. The first kappa shape index (κ1) is 15.3. The average Bonchev–Trinajstić information content (AvgIpc) is 3.08. The van der Waals surface area contributed by atoms with Gasteiger partial charge >= 0.3 is 0 Å². The van der Waals surface area contributed by atoms with Crippen molar-refractivity contribution >= 4 is 23.0 Å². The van der Waals surface area contributed by atoms with E-state index >= 15 is 0 Å². The highest BCUT2D eigenvalue weighted by molar-refractivity contribution is 7.10. The van der Waals surface area contributed by atoms with Gasteiger partial charge in [0.15, 0.2) is 5.78 Å². The number of nitrogens with one attached hydrogen (secondary N) is 1. The van der Waals surface area contributed by atoms with Crippen LogP contribution in [0.1, 0.15) is 41.5 Å². The summed E-state index contributed by atoms with van der Waals surface area (Å²) < 4.78 is 13.6. The van der Waals surface area contributed by atoms with E-state index in [0.717, 1.165) is 10.6 Å². The lowest BCUT2D eigenvalue weighted by Gasteiger charge is -2.34. The maximum atomic E-state index is 13.6. The number of ketones is 1. The first-order valence-electron chi connectivity index (χ1n) is 7.97. The minimum Gasteiger partial charge on any atom is -0.329 e. The summed E-state index contributed by atoms with van der Waals surface area (Å²) in [7, 11) is 0. The van der Waals surface area contributed by atoms with Crippen LogP contribution in [0.4, 0.5) is 4.39 Å². The Bertz CT molecular complexity index is 841. The van der Waals surface area contributed by atoms with Crippen LogP contribution < -0.4 is 5.32 Å². The molecule has 1 aliphatic carbocycles. The lowest BCUT2D eigenvalue weighted by molar-refractivity contribution is -0.122. The number of carbonyl (C=O) groups excluding carboxylic acids is 2. The average molecular weight is 341 g/mol. The van der Waals surface area contributed by atoms with Crippen molar-refractivity contribution in [1.82, 2.24) is 5.32 Å². The number of allylic oxidation sites excluding steroid dienone is 2. The van der Waals surface area contributed by atoms with E-state index in [4.69, 9.17) is 0 Å². The van der Waals surface area contributed by atoms with Gasteiger partial charge in [-0.15, -0.1) is 11.3 Å². The van der Waals surface area contributed by atoms with Crippen LogP contribution in [-0.2, 0) is 9.59 Å². The molecule has 4 rings (SSSR count). The zero-order chi connectivity index (χ0) is 16.7. The Morgan fingerprint density at radius 2 is 1.96 bits per heavy atom.